The molecule has 0 rings (SSSR count). The Hall–Kier alpha value is -0.610. The minimum absolute atomic E-state index is 0.0150. The van der Waals surface area contributed by atoms with Crippen LogP contribution >= 0.6 is 0 Å². The molecule has 0 aliphatic rings. The Morgan fingerprint density at radius 2 is 1.79 bits per heavy atom. The number of esters is 1. The molecule has 0 radical (unpaired) electrons. The average Bonchev–Trinajstić information content (AvgIpc) is 2.23. The first-order valence-corrected chi connectivity index (χ1v) is 7.24. The van der Waals surface area contributed by atoms with Gasteiger partial charge in [0.1, 0.15) is 5.54 Å². The van der Waals surface area contributed by atoms with Crippen molar-refractivity contribution in [1.29, 1.82) is 0 Å². The molecule has 0 saturated heterocycles. The summed E-state index contributed by atoms with van der Waals surface area (Å²) in [6.45, 7) is 15.0. The minimum Gasteiger partial charge on any atom is -0.465 e. The number of carbonyl (C=O) groups is 1. The molecule has 4 heteroatoms. The largest absolute Gasteiger partial charge is 0.465 e. The first-order chi connectivity index (χ1) is 8.64. The van der Waals surface area contributed by atoms with Gasteiger partial charge < -0.3 is 14.8 Å². The zero-order valence-electron chi connectivity index (χ0n) is 13.6. The fourth-order valence-corrected chi connectivity index (χ4v) is 2.14. The van der Waals surface area contributed by atoms with Crippen LogP contribution < -0.4 is 5.32 Å². The Kier molecular flexibility index (Phi) is 7.60. The maximum absolute atomic E-state index is 12.1. The molecule has 0 bridgehead atoms. The van der Waals surface area contributed by atoms with Crippen LogP contribution in [0.25, 0.3) is 0 Å². The van der Waals surface area contributed by atoms with Crippen molar-refractivity contribution in [1.82, 2.24) is 5.32 Å². The van der Waals surface area contributed by atoms with Gasteiger partial charge in [-0.2, -0.15) is 0 Å². The molecule has 0 aliphatic heterocycles. The molecule has 1 N–H and O–H groups in total. The first kappa shape index (κ1) is 18.4. The second kappa shape index (κ2) is 7.85. The van der Waals surface area contributed by atoms with Crippen LogP contribution in [0.5, 0.6) is 0 Å². The van der Waals surface area contributed by atoms with Gasteiger partial charge in [-0.05, 0) is 54.5 Å². The van der Waals surface area contributed by atoms with E-state index in [-0.39, 0.29) is 17.7 Å². The molecule has 0 aromatic heterocycles. The van der Waals surface area contributed by atoms with Crippen molar-refractivity contribution in [3.05, 3.63) is 0 Å². The van der Waals surface area contributed by atoms with Gasteiger partial charge in [-0.1, -0.05) is 6.92 Å². The predicted octanol–water partition coefficient (Wildman–Crippen LogP) is 2.90. The zero-order chi connectivity index (χ0) is 15.1. The highest BCUT2D eigenvalue weighted by molar-refractivity contribution is 5.80. The van der Waals surface area contributed by atoms with Crippen LogP contribution in [0.1, 0.15) is 61.3 Å². The van der Waals surface area contributed by atoms with Crippen LogP contribution in [0.3, 0.4) is 0 Å². The van der Waals surface area contributed by atoms with Crippen LogP contribution in [-0.4, -0.2) is 36.4 Å². The molecule has 4 nitrogen and oxygen atoms in total. The van der Waals surface area contributed by atoms with Gasteiger partial charge in [0.05, 0.1) is 18.3 Å². The highest BCUT2D eigenvalue weighted by Gasteiger charge is 2.36. The molecule has 0 aromatic carbocycles. The van der Waals surface area contributed by atoms with Gasteiger partial charge in [0.2, 0.25) is 0 Å². The van der Waals surface area contributed by atoms with E-state index in [1.54, 1.807) is 0 Å². The summed E-state index contributed by atoms with van der Waals surface area (Å²) in [5.74, 6) is -0.201. The fourth-order valence-electron chi connectivity index (χ4n) is 2.14. The molecule has 2 unspecified atom stereocenters. The third kappa shape index (κ3) is 7.53. The Labute approximate surface area is 118 Å². The molecule has 0 aliphatic carbocycles. The Balaban J connectivity index is 4.70. The smallest absolute Gasteiger partial charge is 0.326 e. The summed E-state index contributed by atoms with van der Waals surface area (Å²) in [4.78, 5) is 12.1. The van der Waals surface area contributed by atoms with Crippen LogP contribution in [-0.2, 0) is 14.3 Å². The summed E-state index contributed by atoms with van der Waals surface area (Å²) in [7, 11) is 0. The van der Waals surface area contributed by atoms with Crippen molar-refractivity contribution >= 4 is 5.97 Å². The number of hydrogen-bond donors (Lipinski definition) is 1. The van der Waals surface area contributed by atoms with Crippen molar-refractivity contribution in [2.75, 3.05) is 13.2 Å². The summed E-state index contributed by atoms with van der Waals surface area (Å²) in [6.07, 6.45) is 1.56. The van der Waals surface area contributed by atoms with Crippen LogP contribution in [0, 0.1) is 0 Å². The van der Waals surface area contributed by atoms with Crippen molar-refractivity contribution in [3.8, 4) is 0 Å². The van der Waals surface area contributed by atoms with Crippen LogP contribution in [0.4, 0.5) is 0 Å². The second-order valence-corrected chi connectivity index (χ2v) is 6.22. The standard InChI is InChI=1S/C15H31NO3/c1-8-10-16-15(7,13(17)18-9-2)11-12(3)19-14(4,5)6/h12,16H,8-11H2,1-7H3. The average molecular weight is 273 g/mol. The molecule has 0 spiro atoms. The van der Waals surface area contributed by atoms with E-state index in [0.29, 0.717) is 13.0 Å². The topological polar surface area (TPSA) is 47.6 Å². The summed E-state index contributed by atoms with van der Waals surface area (Å²) in [5, 5.41) is 3.29. The molecule has 0 fully saturated rings. The van der Waals surface area contributed by atoms with Crippen molar-refractivity contribution in [2.24, 2.45) is 0 Å². The van der Waals surface area contributed by atoms with E-state index in [2.05, 4.69) is 12.2 Å². The third-order valence-electron chi connectivity index (χ3n) is 2.74. The van der Waals surface area contributed by atoms with Crippen molar-refractivity contribution in [2.45, 2.75) is 78.6 Å². The van der Waals surface area contributed by atoms with E-state index in [9.17, 15) is 4.79 Å². The number of rotatable bonds is 8. The number of carbonyl (C=O) groups excluding carboxylic acids is 1. The van der Waals surface area contributed by atoms with Gasteiger partial charge in [-0.25, -0.2) is 0 Å². The molecule has 0 saturated carbocycles. The monoisotopic (exact) mass is 273 g/mol. The maximum atomic E-state index is 12.1. The fraction of sp³-hybridized carbons (Fsp3) is 0.933. The van der Waals surface area contributed by atoms with E-state index in [1.165, 1.54) is 0 Å². The third-order valence-corrected chi connectivity index (χ3v) is 2.74. The van der Waals surface area contributed by atoms with Gasteiger partial charge in [-0.15, -0.1) is 0 Å². The number of nitrogens with one attached hydrogen (secondary N) is 1. The summed E-state index contributed by atoms with van der Waals surface area (Å²) < 4.78 is 11.1. The Morgan fingerprint density at radius 1 is 1.21 bits per heavy atom. The lowest BCUT2D eigenvalue weighted by Gasteiger charge is -2.33. The van der Waals surface area contributed by atoms with Gasteiger partial charge in [0.15, 0.2) is 0 Å². The van der Waals surface area contributed by atoms with E-state index in [0.717, 1.165) is 13.0 Å². The molecular formula is C15H31NO3. The summed E-state index contributed by atoms with van der Waals surface area (Å²) in [6, 6.07) is 0. The lowest BCUT2D eigenvalue weighted by molar-refractivity contribution is -0.153. The SMILES string of the molecule is CCCNC(C)(CC(C)OC(C)(C)C)C(=O)OCC. The molecule has 0 aromatic rings. The maximum Gasteiger partial charge on any atom is 0.326 e. The summed E-state index contributed by atoms with van der Waals surface area (Å²) >= 11 is 0. The van der Waals surface area contributed by atoms with E-state index in [4.69, 9.17) is 9.47 Å². The Morgan fingerprint density at radius 3 is 2.21 bits per heavy atom. The molecule has 0 amide bonds. The molecular weight excluding hydrogens is 242 g/mol. The van der Waals surface area contributed by atoms with Gasteiger partial charge in [0, 0.05) is 6.42 Å². The second-order valence-electron chi connectivity index (χ2n) is 6.22. The predicted molar refractivity (Wildman–Crippen MR) is 78.2 cm³/mol. The minimum atomic E-state index is -0.684. The summed E-state index contributed by atoms with van der Waals surface area (Å²) in [5.41, 5.74) is -0.892. The van der Waals surface area contributed by atoms with E-state index >= 15 is 0 Å². The highest BCUT2D eigenvalue weighted by Crippen LogP contribution is 2.21. The van der Waals surface area contributed by atoms with Gasteiger partial charge in [0.25, 0.3) is 0 Å². The normalized spacial score (nSPS) is 16.8. The lowest BCUT2D eigenvalue weighted by Crippen LogP contribution is -2.53. The first-order valence-electron chi connectivity index (χ1n) is 7.24. The van der Waals surface area contributed by atoms with E-state index < -0.39 is 5.54 Å². The quantitative estimate of drug-likeness (QED) is 0.691. The zero-order valence-corrected chi connectivity index (χ0v) is 13.6. The molecule has 19 heavy (non-hydrogen) atoms. The van der Waals surface area contributed by atoms with E-state index in [1.807, 2.05) is 41.5 Å². The highest BCUT2D eigenvalue weighted by atomic mass is 16.5. The van der Waals surface area contributed by atoms with Gasteiger partial charge >= 0.3 is 5.97 Å². The van der Waals surface area contributed by atoms with Crippen LogP contribution in [0.2, 0.25) is 0 Å². The van der Waals surface area contributed by atoms with Crippen molar-refractivity contribution in [3.63, 3.8) is 0 Å². The molecule has 114 valence electrons. The number of hydrogen-bond acceptors (Lipinski definition) is 4. The van der Waals surface area contributed by atoms with Crippen LogP contribution in [0.15, 0.2) is 0 Å². The Bertz CT molecular complexity index is 273. The molecule has 2 atom stereocenters. The lowest BCUT2D eigenvalue weighted by atomic mass is 9.94. The van der Waals surface area contributed by atoms with Gasteiger partial charge in [-0.3, -0.25) is 4.79 Å². The number of ether oxygens (including phenoxy) is 2. The van der Waals surface area contributed by atoms with Crippen molar-refractivity contribution < 1.29 is 14.3 Å². The molecule has 0 heterocycles.